The number of carbonyl (C=O) groups is 1. The number of hydrogen-bond acceptors (Lipinski definition) is 8. The number of pyridine rings is 1. The minimum atomic E-state index is -4.12. The SMILES string of the molecule is CC(C)C[C@H](C(=O)NO)N(Cc1cccnc1)S(=O)(=O)c1ccc(-c2nn[nH]n2)cc1. The van der Waals surface area contributed by atoms with Gasteiger partial charge in [0.2, 0.25) is 15.8 Å². The summed E-state index contributed by atoms with van der Waals surface area (Å²) in [7, 11) is -4.12. The third-order valence-electron chi connectivity index (χ3n) is 4.58. The van der Waals surface area contributed by atoms with E-state index < -0.39 is 22.0 Å². The standard InChI is InChI=1S/C19H23N7O4S/c1-13(2)10-17(19(27)23-28)26(12-14-4-3-9-20-11-14)31(29,30)16-7-5-15(6-8-16)18-21-24-25-22-18/h3-9,11,13,17,28H,10,12H2,1-2H3,(H,23,27)(H,21,22,24,25)/t17-/m1/s1. The van der Waals surface area contributed by atoms with Crippen molar-refractivity contribution in [3.8, 4) is 11.4 Å². The van der Waals surface area contributed by atoms with Crippen molar-refractivity contribution in [2.75, 3.05) is 0 Å². The smallest absolute Gasteiger partial charge is 0.261 e. The minimum absolute atomic E-state index is 0.00508. The number of nitrogens with one attached hydrogen (secondary N) is 2. The van der Waals surface area contributed by atoms with Crippen molar-refractivity contribution in [3.05, 3.63) is 54.4 Å². The highest BCUT2D eigenvalue weighted by Crippen LogP contribution is 2.26. The van der Waals surface area contributed by atoms with Crippen LogP contribution >= 0.6 is 0 Å². The van der Waals surface area contributed by atoms with Crippen molar-refractivity contribution in [2.24, 2.45) is 5.92 Å². The van der Waals surface area contributed by atoms with Gasteiger partial charge < -0.3 is 0 Å². The summed E-state index contributed by atoms with van der Waals surface area (Å²) in [6.45, 7) is 3.64. The Morgan fingerprint density at radius 2 is 1.97 bits per heavy atom. The molecule has 11 nitrogen and oxygen atoms in total. The molecule has 31 heavy (non-hydrogen) atoms. The molecule has 0 spiro atoms. The van der Waals surface area contributed by atoms with Crippen LogP contribution in [-0.2, 0) is 21.4 Å². The second kappa shape index (κ2) is 9.73. The van der Waals surface area contributed by atoms with Crippen LogP contribution in [0.3, 0.4) is 0 Å². The van der Waals surface area contributed by atoms with Crippen molar-refractivity contribution in [3.63, 3.8) is 0 Å². The van der Waals surface area contributed by atoms with Gasteiger partial charge in [0, 0.05) is 24.5 Å². The van der Waals surface area contributed by atoms with E-state index in [9.17, 15) is 18.4 Å². The van der Waals surface area contributed by atoms with Gasteiger partial charge in [0.1, 0.15) is 6.04 Å². The molecule has 0 bridgehead atoms. The summed E-state index contributed by atoms with van der Waals surface area (Å²) in [5, 5.41) is 22.8. The van der Waals surface area contributed by atoms with Gasteiger partial charge in [-0.2, -0.15) is 9.52 Å². The van der Waals surface area contributed by atoms with Gasteiger partial charge in [0.25, 0.3) is 5.91 Å². The van der Waals surface area contributed by atoms with Gasteiger partial charge in [0.05, 0.1) is 4.90 Å². The molecule has 1 amide bonds. The first-order valence-corrected chi connectivity index (χ1v) is 11.0. The molecule has 0 saturated carbocycles. The lowest BCUT2D eigenvalue weighted by Crippen LogP contribution is -2.49. The molecule has 2 aromatic heterocycles. The second-order valence-corrected chi connectivity index (χ2v) is 9.18. The summed E-state index contributed by atoms with van der Waals surface area (Å²) < 4.78 is 28.2. The van der Waals surface area contributed by atoms with Gasteiger partial charge in [-0.05, 0) is 53.4 Å². The van der Waals surface area contributed by atoms with E-state index in [1.807, 2.05) is 13.8 Å². The fourth-order valence-electron chi connectivity index (χ4n) is 3.11. The maximum Gasteiger partial charge on any atom is 0.261 e. The number of rotatable bonds is 9. The number of hydrogen-bond donors (Lipinski definition) is 3. The Balaban J connectivity index is 2.02. The maximum absolute atomic E-state index is 13.6. The predicted molar refractivity (Wildman–Crippen MR) is 110 cm³/mol. The molecule has 3 rings (SSSR count). The first-order valence-electron chi connectivity index (χ1n) is 9.51. The maximum atomic E-state index is 13.6. The average Bonchev–Trinajstić information content (AvgIpc) is 3.31. The lowest BCUT2D eigenvalue weighted by atomic mass is 10.0. The molecule has 0 aliphatic carbocycles. The lowest BCUT2D eigenvalue weighted by molar-refractivity contribution is -0.133. The minimum Gasteiger partial charge on any atom is -0.289 e. The van der Waals surface area contributed by atoms with E-state index in [0.717, 1.165) is 4.31 Å². The van der Waals surface area contributed by atoms with E-state index >= 15 is 0 Å². The Morgan fingerprint density at radius 1 is 1.23 bits per heavy atom. The van der Waals surface area contributed by atoms with Crippen molar-refractivity contribution in [2.45, 2.75) is 37.8 Å². The molecule has 0 radical (unpaired) electrons. The number of benzene rings is 1. The monoisotopic (exact) mass is 445 g/mol. The van der Waals surface area contributed by atoms with Gasteiger partial charge in [-0.1, -0.05) is 19.9 Å². The topological polar surface area (TPSA) is 154 Å². The summed E-state index contributed by atoms with van der Waals surface area (Å²) >= 11 is 0. The highest BCUT2D eigenvalue weighted by molar-refractivity contribution is 7.89. The second-order valence-electron chi connectivity index (χ2n) is 7.29. The van der Waals surface area contributed by atoms with Gasteiger partial charge >= 0.3 is 0 Å². The number of aromatic nitrogens is 5. The molecule has 0 aliphatic heterocycles. The van der Waals surface area contributed by atoms with E-state index in [2.05, 4.69) is 25.6 Å². The molecular weight excluding hydrogens is 422 g/mol. The average molecular weight is 446 g/mol. The number of amides is 1. The quantitative estimate of drug-likeness (QED) is 0.330. The molecule has 3 N–H and O–H groups in total. The molecular formula is C19H23N7O4S. The number of sulfonamides is 1. The molecule has 164 valence electrons. The van der Waals surface area contributed by atoms with Crippen LogP contribution in [0.2, 0.25) is 0 Å². The van der Waals surface area contributed by atoms with Crippen LogP contribution in [0.1, 0.15) is 25.8 Å². The molecule has 1 atom stereocenters. The highest BCUT2D eigenvalue weighted by atomic mass is 32.2. The van der Waals surface area contributed by atoms with Gasteiger partial charge in [-0.3, -0.25) is 15.0 Å². The van der Waals surface area contributed by atoms with Crippen LogP contribution in [0.15, 0.2) is 53.7 Å². The normalized spacial score (nSPS) is 12.8. The number of tetrazole rings is 1. The third kappa shape index (κ3) is 5.29. The molecule has 1 aromatic carbocycles. The molecule has 12 heteroatoms. The number of aromatic amines is 1. The molecule has 0 unspecified atom stereocenters. The fraction of sp³-hybridized carbons (Fsp3) is 0.316. The van der Waals surface area contributed by atoms with Gasteiger partial charge in [-0.25, -0.2) is 13.9 Å². The Hall–Kier alpha value is -3.22. The van der Waals surface area contributed by atoms with Crippen LogP contribution < -0.4 is 5.48 Å². The Labute approximate surface area is 179 Å². The first-order chi connectivity index (χ1) is 14.8. The zero-order valence-corrected chi connectivity index (χ0v) is 17.8. The van der Waals surface area contributed by atoms with Crippen molar-refractivity contribution >= 4 is 15.9 Å². The number of hydroxylamine groups is 1. The first kappa shape index (κ1) is 22.5. The number of nitrogens with zero attached hydrogens (tertiary/aromatic N) is 5. The highest BCUT2D eigenvalue weighted by Gasteiger charge is 2.36. The van der Waals surface area contributed by atoms with Crippen molar-refractivity contribution in [1.82, 2.24) is 35.4 Å². The van der Waals surface area contributed by atoms with Crippen molar-refractivity contribution in [1.29, 1.82) is 0 Å². The van der Waals surface area contributed by atoms with E-state index in [-0.39, 0.29) is 23.8 Å². The van der Waals surface area contributed by atoms with E-state index in [0.29, 0.717) is 17.0 Å². The van der Waals surface area contributed by atoms with Crippen LogP contribution in [-0.4, -0.2) is 55.5 Å². The number of carbonyl (C=O) groups excluding carboxylic acids is 1. The summed E-state index contributed by atoms with van der Waals surface area (Å²) in [5.41, 5.74) is 2.79. The number of H-pyrrole nitrogens is 1. The fourth-order valence-corrected chi connectivity index (χ4v) is 4.69. The lowest BCUT2D eigenvalue weighted by Gasteiger charge is -2.30. The van der Waals surface area contributed by atoms with Crippen LogP contribution in [0, 0.1) is 5.92 Å². The van der Waals surface area contributed by atoms with E-state index in [4.69, 9.17) is 0 Å². The molecule has 0 saturated heterocycles. The van der Waals surface area contributed by atoms with E-state index in [1.165, 1.54) is 18.3 Å². The largest absolute Gasteiger partial charge is 0.289 e. The summed E-state index contributed by atoms with van der Waals surface area (Å²) in [5.74, 6) is -0.479. The van der Waals surface area contributed by atoms with Crippen LogP contribution in [0.25, 0.3) is 11.4 Å². The Morgan fingerprint density at radius 3 is 2.52 bits per heavy atom. The van der Waals surface area contributed by atoms with Gasteiger partial charge in [0.15, 0.2) is 0 Å². The predicted octanol–water partition coefficient (Wildman–Crippen LogP) is 1.37. The van der Waals surface area contributed by atoms with Crippen LogP contribution in [0.4, 0.5) is 0 Å². The molecule has 2 heterocycles. The Bertz CT molecular complexity index is 1090. The Kier molecular flexibility index (Phi) is 7.05. The van der Waals surface area contributed by atoms with E-state index in [1.54, 1.807) is 35.9 Å². The summed E-state index contributed by atoms with van der Waals surface area (Å²) in [6, 6.07) is 8.24. The third-order valence-corrected chi connectivity index (χ3v) is 6.45. The molecule has 3 aromatic rings. The molecule has 0 fully saturated rings. The zero-order valence-electron chi connectivity index (χ0n) is 17.0. The van der Waals surface area contributed by atoms with Crippen molar-refractivity contribution < 1.29 is 18.4 Å². The molecule has 0 aliphatic rings. The van der Waals surface area contributed by atoms with Crippen LogP contribution in [0.5, 0.6) is 0 Å². The van der Waals surface area contributed by atoms with Gasteiger partial charge in [-0.15, -0.1) is 10.2 Å². The summed E-state index contributed by atoms with van der Waals surface area (Å²) in [6.07, 6.45) is 3.32. The zero-order chi connectivity index (χ0) is 22.4. The summed E-state index contributed by atoms with van der Waals surface area (Å²) in [4.78, 5) is 16.5.